The number of nitrogens with zero attached hydrogens (tertiary/aromatic N) is 4. The van der Waals surface area contributed by atoms with Crippen LogP contribution in [-0.4, -0.2) is 72.5 Å². The van der Waals surface area contributed by atoms with E-state index in [-0.39, 0.29) is 11.9 Å². The lowest BCUT2D eigenvalue weighted by Crippen LogP contribution is -2.46. The number of aromatic nitrogens is 2. The first-order chi connectivity index (χ1) is 11.7. The molecular weight excluding hydrogens is 312 g/mol. The lowest BCUT2D eigenvalue weighted by atomic mass is 9.96. The van der Waals surface area contributed by atoms with Gasteiger partial charge in [-0.15, -0.1) is 0 Å². The molecular formula is C16H28N4O4. The summed E-state index contributed by atoms with van der Waals surface area (Å²) in [4.78, 5) is 20.5. The Morgan fingerprint density at radius 3 is 2.62 bits per heavy atom. The summed E-state index contributed by atoms with van der Waals surface area (Å²) < 4.78 is 15.5. The predicted octanol–water partition coefficient (Wildman–Crippen LogP) is 1.87. The summed E-state index contributed by atoms with van der Waals surface area (Å²) in [6, 6.07) is 0.124. The van der Waals surface area contributed by atoms with Crippen LogP contribution in [0, 0.1) is 0 Å². The molecule has 0 N–H and O–H groups in total. The minimum Gasteiger partial charge on any atom is -0.382 e. The molecule has 0 spiro atoms. The third kappa shape index (κ3) is 4.91. The van der Waals surface area contributed by atoms with E-state index in [4.69, 9.17) is 14.0 Å². The second-order valence-electron chi connectivity index (χ2n) is 5.81. The second kappa shape index (κ2) is 9.58. The van der Waals surface area contributed by atoms with E-state index < -0.39 is 0 Å². The maximum Gasteiger partial charge on any atom is 0.319 e. The highest BCUT2D eigenvalue weighted by molar-refractivity contribution is 5.74. The minimum absolute atomic E-state index is 0.124. The van der Waals surface area contributed by atoms with Gasteiger partial charge in [0.25, 0.3) is 5.89 Å². The Balaban J connectivity index is 1.80. The summed E-state index contributed by atoms with van der Waals surface area (Å²) in [6.45, 7) is 8.30. The van der Waals surface area contributed by atoms with Crippen molar-refractivity contribution in [2.45, 2.75) is 39.2 Å². The van der Waals surface area contributed by atoms with Gasteiger partial charge in [-0.3, -0.25) is 0 Å². The number of rotatable bonds is 8. The standard InChI is InChI=1S/C16H28N4O4/c1-4-19(5-2)16(21)20-8-6-13(7-9-20)15-17-14(24-18-15)12-23-11-10-22-3/h13H,4-12H2,1-3H3. The van der Waals surface area contributed by atoms with Gasteiger partial charge in [-0.1, -0.05) is 5.16 Å². The summed E-state index contributed by atoms with van der Waals surface area (Å²) in [5.41, 5.74) is 0. The number of urea groups is 1. The summed E-state index contributed by atoms with van der Waals surface area (Å²) in [5, 5.41) is 4.06. The van der Waals surface area contributed by atoms with Gasteiger partial charge in [0, 0.05) is 39.2 Å². The van der Waals surface area contributed by atoms with Crippen LogP contribution in [-0.2, 0) is 16.1 Å². The zero-order valence-electron chi connectivity index (χ0n) is 14.9. The molecule has 2 rings (SSSR count). The van der Waals surface area contributed by atoms with Gasteiger partial charge in [0.1, 0.15) is 6.61 Å². The molecule has 24 heavy (non-hydrogen) atoms. The van der Waals surface area contributed by atoms with E-state index in [0.29, 0.717) is 25.7 Å². The van der Waals surface area contributed by atoms with E-state index >= 15 is 0 Å². The molecule has 0 radical (unpaired) electrons. The van der Waals surface area contributed by atoms with Crippen molar-refractivity contribution in [3.63, 3.8) is 0 Å². The van der Waals surface area contributed by atoms with Crippen molar-refractivity contribution in [1.29, 1.82) is 0 Å². The number of hydrogen-bond donors (Lipinski definition) is 0. The molecule has 0 aliphatic carbocycles. The average Bonchev–Trinajstić information content (AvgIpc) is 3.09. The summed E-state index contributed by atoms with van der Waals surface area (Å²) in [6.07, 6.45) is 1.72. The monoisotopic (exact) mass is 340 g/mol. The van der Waals surface area contributed by atoms with E-state index in [2.05, 4.69) is 10.1 Å². The number of likely N-dealkylation sites (tertiary alicyclic amines) is 1. The molecule has 0 aromatic carbocycles. The number of amides is 2. The number of hydrogen-bond acceptors (Lipinski definition) is 6. The van der Waals surface area contributed by atoms with Crippen LogP contribution >= 0.6 is 0 Å². The molecule has 2 amide bonds. The van der Waals surface area contributed by atoms with Gasteiger partial charge in [-0.2, -0.15) is 4.98 Å². The van der Waals surface area contributed by atoms with Crippen molar-refractivity contribution in [3.8, 4) is 0 Å². The van der Waals surface area contributed by atoms with Gasteiger partial charge in [-0.05, 0) is 26.7 Å². The number of ether oxygens (including phenoxy) is 2. The largest absolute Gasteiger partial charge is 0.382 e. The zero-order valence-corrected chi connectivity index (χ0v) is 14.9. The molecule has 136 valence electrons. The lowest BCUT2D eigenvalue weighted by Gasteiger charge is -2.34. The van der Waals surface area contributed by atoms with Crippen LogP contribution in [0.3, 0.4) is 0 Å². The second-order valence-corrected chi connectivity index (χ2v) is 5.81. The molecule has 1 aliphatic heterocycles. The Hall–Kier alpha value is -1.67. The zero-order chi connectivity index (χ0) is 17.4. The van der Waals surface area contributed by atoms with E-state index in [9.17, 15) is 4.79 Å². The first-order valence-electron chi connectivity index (χ1n) is 8.62. The fourth-order valence-corrected chi connectivity index (χ4v) is 2.82. The van der Waals surface area contributed by atoms with Crippen molar-refractivity contribution >= 4 is 6.03 Å². The fourth-order valence-electron chi connectivity index (χ4n) is 2.82. The highest BCUT2D eigenvalue weighted by Crippen LogP contribution is 2.26. The highest BCUT2D eigenvalue weighted by Gasteiger charge is 2.28. The number of carbonyl (C=O) groups is 1. The van der Waals surface area contributed by atoms with Gasteiger partial charge >= 0.3 is 6.03 Å². The highest BCUT2D eigenvalue weighted by atomic mass is 16.5. The van der Waals surface area contributed by atoms with Crippen LogP contribution in [0.5, 0.6) is 0 Å². The molecule has 0 unspecified atom stereocenters. The Morgan fingerprint density at radius 2 is 2.00 bits per heavy atom. The average molecular weight is 340 g/mol. The molecule has 1 fully saturated rings. The molecule has 0 bridgehead atoms. The van der Waals surface area contributed by atoms with Crippen LogP contribution < -0.4 is 0 Å². The molecule has 1 aromatic heterocycles. The maximum absolute atomic E-state index is 12.4. The van der Waals surface area contributed by atoms with Gasteiger partial charge in [0.2, 0.25) is 0 Å². The van der Waals surface area contributed by atoms with Crippen molar-refractivity contribution in [1.82, 2.24) is 19.9 Å². The van der Waals surface area contributed by atoms with Crippen LogP contribution in [0.1, 0.15) is 44.3 Å². The smallest absolute Gasteiger partial charge is 0.319 e. The van der Waals surface area contributed by atoms with Crippen molar-refractivity contribution in [2.24, 2.45) is 0 Å². The number of carbonyl (C=O) groups excluding carboxylic acids is 1. The van der Waals surface area contributed by atoms with Crippen LogP contribution in [0.4, 0.5) is 4.79 Å². The molecule has 2 heterocycles. The summed E-state index contributed by atoms with van der Waals surface area (Å²) in [7, 11) is 1.63. The summed E-state index contributed by atoms with van der Waals surface area (Å²) >= 11 is 0. The molecule has 0 atom stereocenters. The van der Waals surface area contributed by atoms with Crippen molar-refractivity contribution < 1.29 is 18.8 Å². The fraction of sp³-hybridized carbons (Fsp3) is 0.812. The first-order valence-corrected chi connectivity index (χ1v) is 8.62. The quantitative estimate of drug-likeness (QED) is 0.672. The first kappa shape index (κ1) is 18.7. The van der Waals surface area contributed by atoms with E-state index in [1.54, 1.807) is 7.11 Å². The van der Waals surface area contributed by atoms with Crippen molar-refractivity contribution in [3.05, 3.63) is 11.7 Å². The lowest BCUT2D eigenvalue weighted by molar-refractivity contribution is 0.0494. The van der Waals surface area contributed by atoms with Crippen LogP contribution in [0.25, 0.3) is 0 Å². The molecule has 0 saturated carbocycles. The number of methoxy groups -OCH3 is 1. The van der Waals surface area contributed by atoms with Crippen LogP contribution in [0.15, 0.2) is 4.52 Å². The topological polar surface area (TPSA) is 80.9 Å². The summed E-state index contributed by atoms with van der Waals surface area (Å²) in [5.74, 6) is 1.44. The van der Waals surface area contributed by atoms with Gasteiger partial charge < -0.3 is 23.8 Å². The van der Waals surface area contributed by atoms with E-state index in [1.807, 2.05) is 23.6 Å². The molecule has 8 nitrogen and oxygen atoms in total. The Labute approximate surface area is 143 Å². The predicted molar refractivity (Wildman–Crippen MR) is 87.7 cm³/mol. The van der Waals surface area contributed by atoms with Crippen LogP contribution in [0.2, 0.25) is 0 Å². The Kier molecular flexibility index (Phi) is 7.45. The van der Waals surface area contributed by atoms with Gasteiger partial charge in [0.05, 0.1) is 13.2 Å². The number of piperidine rings is 1. The van der Waals surface area contributed by atoms with E-state index in [0.717, 1.165) is 44.8 Å². The Morgan fingerprint density at radius 1 is 1.29 bits per heavy atom. The van der Waals surface area contributed by atoms with Gasteiger partial charge in [-0.25, -0.2) is 4.79 Å². The molecule has 1 aliphatic rings. The molecule has 1 aromatic rings. The SMILES string of the molecule is CCN(CC)C(=O)N1CCC(c2noc(COCCOC)n2)CC1. The molecule has 1 saturated heterocycles. The normalized spacial score (nSPS) is 15.7. The minimum atomic E-state index is 0.124. The van der Waals surface area contributed by atoms with E-state index in [1.165, 1.54) is 0 Å². The Bertz CT molecular complexity index is 496. The molecule has 8 heteroatoms. The van der Waals surface area contributed by atoms with Gasteiger partial charge in [0.15, 0.2) is 5.82 Å². The maximum atomic E-state index is 12.4. The third-order valence-electron chi connectivity index (χ3n) is 4.31. The van der Waals surface area contributed by atoms with Crippen molar-refractivity contribution in [2.75, 3.05) is 46.5 Å². The third-order valence-corrected chi connectivity index (χ3v) is 4.31.